The molecule has 0 unspecified atom stereocenters. The summed E-state index contributed by atoms with van der Waals surface area (Å²) in [5.41, 5.74) is 0.618. The molecule has 1 aliphatic heterocycles. The normalized spacial score (nSPS) is 15.3. The van der Waals surface area contributed by atoms with Crippen LogP contribution in [-0.2, 0) is 16.1 Å². The lowest BCUT2D eigenvalue weighted by atomic mass is 10.1. The van der Waals surface area contributed by atoms with Gasteiger partial charge in [-0.1, -0.05) is 28.9 Å². The highest BCUT2D eigenvalue weighted by Gasteiger charge is 2.36. The number of nitrogens with zero attached hydrogens (tertiary/aromatic N) is 1. The van der Waals surface area contributed by atoms with E-state index in [2.05, 4.69) is 21.2 Å². The molecule has 2 aromatic rings. The van der Waals surface area contributed by atoms with Gasteiger partial charge in [0, 0.05) is 10.0 Å². The molecule has 4 amide bonds. The highest BCUT2D eigenvalue weighted by Crippen LogP contribution is 2.30. The summed E-state index contributed by atoms with van der Waals surface area (Å²) in [6.45, 7) is 2.44. The van der Waals surface area contributed by atoms with E-state index in [0.717, 1.165) is 11.3 Å². The summed E-state index contributed by atoms with van der Waals surface area (Å²) >= 11 is 3.28. The number of phenolic OH excluding ortho intramolecular Hbond substituents is 1. The Balaban J connectivity index is 1.88. The molecule has 1 aliphatic rings. The molecule has 162 valence electrons. The first-order valence-electron chi connectivity index (χ1n) is 9.51. The molecule has 0 atom stereocenters. The van der Waals surface area contributed by atoms with E-state index in [1.54, 1.807) is 30.3 Å². The molecule has 0 radical (unpaired) electrons. The number of urea groups is 1. The second-order valence-electron chi connectivity index (χ2n) is 6.75. The molecule has 9 heteroatoms. The number of hydrogen-bond donors (Lipinski definition) is 2. The van der Waals surface area contributed by atoms with Gasteiger partial charge in [-0.15, -0.1) is 0 Å². The number of benzene rings is 2. The molecule has 0 bridgehead atoms. The van der Waals surface area contributed by atoms with Crippen molar-refractivity contribution in [3.8, 4) is 17.2 Å². The number of carbonyl (C=O) groups excluding carboxylic acids is 3. The van der Waals surface area contributed by atoms with Gasteiger partial charge >= 0.3 is 6.03 Å². The Hall–Kier alpha value is -3.33. The quantitative estimate of drug-likeness (QED) is 0.455. The van der Waals surface area contributed by atoms with E-state index < -0.39 is 17.8 Å². The molecule has 1 saturated heterocycles. The first-order valence-corrected chi connectivity index (χ1v) is 10.3. The average Bonchev–Trinajstić information content (AvgIpc) is 2.75. The summed E-state index contributed by atoms with van der Waals surface area (Å²) in [5.74, 6) is -0.665. The van der Waals surface area contributed by atoms with Gasteiger partial charge in [-0.2, -0.15) is 0 Å². The topological polar surface area (TPSA) is 105 Å². The first-order chi connectivity index (χ1) is 14.8. The van der Waals surface area contributed by atoms with Gasteiger partial charge in [0.2, 0.25) is 0 Å². The molecular formula is C22H21BrN2O6. The minimum Gasteiger partial charge on any atom is -0.507 e. The number of ether oxygens (including phenoxy) is 2. The van der Waals surface area contributed by atoms with Crippen molar-refractivity contribution in [2.24, 2.45) is 0 Å². The van der Waals surface area contributed by atoms with E-state index in [0.29, 0.717) is 28.1 Å². The third-order valence-corrected chi connectivity index (χ3v) is 5.00. The average molecular weight is 489 g/mol. The maximum absolute atomic E-state index is 12.9. The number of imide groups is 2. The Labute approximate surface area is 187 Å². The SMILES string of the molecule is CCCOc1ccc(CN2C(=O)NC(=O)/C(=C\c3cc(Br)ccc3O)C2=O)cc1OC. The van der Waals surface area contributed by atoms with Crippen LogP contribution in [0.25, 0.3) is 6.08 Å². The number of amides is 4. The molecule has 0 spiro atoms. The van der Waals surface area contributed by atoms with Crippen LogP contribution in [0.1, 0.15) is 24.5 Å². The zero-order valence-electron chi connectivity index (χ0n) is 17.0. The fourth-order valence-electron chi connectivity index (χ4n) is 2.96. The van der Waals surface area contributed by atoms with E-state index in [9.17, 15) is 19.5 Å². The zero-order valence-corrected chi connectivity index (χ0v) is 18.6. The lowest BCUT2D eigenvalue weighted by molar-refractivity contribution is -0.130. The Morgan fingerprint density at radius 1 is 1.13 bits per heavy atom. The molecule has 2 N–H and O–H groups in total. The highest BCUT2D eigenvalue weighted by molar-refractivity contribution is 9.10. The van der Waals surface area contributed by atoms with Crippen molar-refractivity contribution >= 4 is 39.9 Å². The van der Waals surface area contributed by atoms with Crippen LogP contribution >= 0.6 is 15.9 Å². The number of nitrogens with one attached hydrogen (secondary N) is 1. The van der Waals surface area contributed by atoms with E-state index in [4.69, 9.17) is 9.47 Å². The summed E-state index contributed by atoms with van der Waals surface area (Å²) in [7, 11) is 1.50. The van der Waals surface area contributed by atoms with Crippen molar-refractivity contribution in [3.63, 3.8) is 0 Å². The molecule has 0 saturated carbocycles. The van der Waals surface area contributed by atoms with E-state index in [-0.39, 0.29) is 23.4 Å². The molecule has 1 heterocycles. The molecule has 0 aliphatic carbocycles. The molecule has 31 heavy (non-hydrogen) atoms. The maximum Gasteiger partial charge on any atom is 0.331 e. The summed E-state index contributed by atoms with van der Waals surface area (Å²) in [6.07, 6.45) is 2.09. The zero-order chi connectivity index (χ0) is 22.5. The number of aromatic hydroxyl groups is 1. The lowest BCUT2D eigenvalue weighted by Gasteiger charge is -2.26. The van der Waals surface area contributed by atoms with Crippen LogP contribution in [0.2, 0.25) is 0 Å². The predicted molar refractivity (Wildman–Crippen MR) is 117 cm³/mol. The number of rotatable bonds is 7. The van der Waals surface area contributed by atoms with Gasteiger partial charge in [0.25, 0.3) is 11.8 Å². The van der Waals surface area contributed by atoms with Crippen LogP contribution in [0.5, 0.6) is 17.2 Å². The van der Waals surface area contributed by atoms with E-state index >= 15 is 0 Å². The fourth-order valence-corrected chi connectivity index (χ4v) is 3.34. The lowest BCUT2D eigenvalue weighted by Crippen LogP contribution is -2.53. The third kappa shape index (κ3) is 5.05. The standard InChI is InChI=1S/C22H21BrN2O6/c1-3-8-31-18-7-4-13(9-19(18)30-2)12-25-21(28)16(20(27)24-22(25)29)11-14-10-15(23)5-6-17(14)26/h4-7,9-11,26H,3,8,12H2,1-2H3,(H,24,27,29)/b16-11+. The minimum atomic E-state index is -0.827. The predicted octanol–water partition coefficient (Wildman–Crippen LogP) is 3.61. The fraction of sp³-hybridized carbons (Fsp3) is 0.227. The monoisotopic (exact) mass is 488 g/mol. The first kappa shape index (κ1) is 22.4. The molecule has 3 rings (SSSR count). The Morgan fingerprint density at radius 3 is 2.61 bits per heavy atom. The van der Waals surface area contributed by atoms with Crippen molar-refractivity contribution in [3.05, 3.63) is 57.6 Å². The van der Waals surface area contributed by atoms with Crippen molar-refractivity contribution in [2.45, 2.75) is 19.9 Å². The van der Waals surface area contributed by atoms with Crippen LogP contribution in [0, 0.1) is 0 Å². The molecule has 1 fully saturated rings. The third-order valence-electron chi connectivity index (χ3n) is 4.51. The van der Waals surface area contributed by atoms with E-state index in [1.165, 1.54) is 19.3 Å². The Morgan fingerprint density at radius 2 is 1.90 bits per heavy atom. The van der Waals surface area contributed by atoms with Gasteiger partial charge in [0.05, 0.1) is 20.3 Å². The summed E-state index contributed by atoms with van der Waals surface area (Å²) in [4.78, 5) is 38.5. The maximum atomic E-state index is 12.9. The number of hydrogen-bond acceptors (Lipinski definition) is 6. The van der Waals surface area contributed by atoms with Crippen molar-refractivity contribution < 1.29 is 29.0 Å². The van der Waals surface area contributed by atoms with Crippen LogP contribution < -0.4 is 14.8 Å². The Kier molecular flexibility index (Phi) is 6.96. The second kappa shape index (κ2) is 9.65. The number of carbonyl (C=O) groups is 3. The number of methoxy groups -OCH3 is 1. The number of barbiturate groups is 1. The summed E-state index contributed by atoms with van der Waals surface area (Å²) in [6, 6.07) is 8.88. The van der Waals surface area contributed by atoms with Crippen LogP contribution in [0.3, 0.4) is 0 Å². The van der Waals surface area contributed by atoms with Crippen molar-refractivity contribution in [1.29, 1.82) is 0 Å². The van der Waals surface area contributed by atoms with Crippen molar-refractivity contribution in [2.75, 3.05) is 13.7 Å². The van der Waals surface area contributed by atoms with Crippen molar-refractivity contribution in [1.82, 2.24) is 10.2 Å². The second-order valence-corrected chi connectivity index (χ2v) is 7.66. The van der Waals surface area contributed by atoms with Gasteiger partial charge in [-0.3, -0.25) is 19.8 Å². The minimum absolute atomic E-state index is 0.0792. The van der Waals surface area contributed by atoms with Gasteiger partial charge < -0.3 is 14.6 Å². The molecule has 0 aromatic heterocycles. The largest absolute Gasteiger partial charge is 0.507 e. The van der Waals surface area contributed by atoms with Crippen LogP contribution in [0.15, 0.2) is 46.4 Å². The number of halogens is 1. The molecule has 2 aromatic carbocycles. The summed E-state index contributed by atoms with van der Waals surface area (Å²) in [5, 5.41) is 12.2. The van der Waals surface area contributed by atoms with E-state index in [1.807, 2.05) is 6.92 Å². The Bertz CT molecular complexity index is 1070. The van der Waals surface area contributed by atoms with Gasteiger partial charge in [0.1, 0.15) is 11.3 Å². The number of phenols is 1. The summed E-state index contributed by atoms with van der Waals surface area (Å²) < 4.78 is 11.6. The molecule has 8 nitrogen and oxygen atoms in total. The highest BCUT2D eigenvalue weighted by atomic mass is 79.9. The smallest absolute Gasteiger partial charge is 0.331 e. The van der Waals surface area contributed by atoms with Crippen LogP contribution in [0.4, 0.5) is 4.79 Å². The van der Waals surface area contributed by atoms with Crippen LogP contribution in [-0.4, -0.2) is 41.6 Å². The van der Waals surface area contributed by atoms with Gasteiger partial charge in [0.15, 0.2) is 11.5 Å². The van der Waals surface area contributed by atoms with Gasteiger partial charge in [-0.25, -0.2) is 4.79 Å². The molecular weight excluding hydrogens is 468 g/mol. The van der Waals surface area contributed by atoms with Gasteiger partial charge in [-0.05, 0) is 48.4 Å².